The molecule has 5 nitrogen and oxygen atoms in total. The first-order chi connectivity index (χ1) is 16.4. The molecule has 3 heterocycles. The molecule has 0 atom stereocenters. The molecule has 176 valence electrons. The number of nitrogens with zero attached hydrogens (tertiary/aromatic N) is 3. The molecule has 0 unspecified atom stereocenters. The Labute approximate surface area is 199 Å². The normalized spacial score (nSPS) is 18.7. The number of rotatable bonds is 6. The topological polar surface area (TPSA) is 51.5 Å². The predicted molar refractivity (Wildman–Crippen MR) is 127 cm³/mol. The molecule has 3 aromatic heterocycles. The van der Waals surface area contributed by atoms with E-state index in [0.29, 0.717) is 11.1 Å². The summed E-state index contributed by atoms with van der Waals surface area (Å²) in [5.41, 5.74) is 3.26. The molecule has 1 saturated carbocycles. The van der Waals surface area contributed by atoms with Crippen LogP contribution in [0.4, 0.5) is 19.0 Å². The molecule has 34 heavy (non-hydrogen) atoms. The van der Waals surface area contributed by atoms with Crippen molar-refractivity contribution in [2.45, 2.75) is 48.2 Å². The highest BCUT2D eigenvalue weighted by atomic mass is 32.2. The Morgan fingerprint density at radius 3 is 2.38 bits per heavy atom. The minimum atomic E-state index is -4.71. The van der Waals surface area contributed by atoms with Crippen LogP contribution in [0.25, 0.3) is 16.8 Å². The highest BCUT2D eigenvalue weighted by molar-refractivity contribution is 8.00. The summed E-state index contributed by atoms with van der Waals surface area (Å²) in [5.74, 6) is 0.251. The molecule has 1 fully saturated rings. The molecule has 5 rings (SSSR count). The number of aromatic nitrogens is 3. The maximum Gasteiger partial charge on any atom is 0.573 e. The zero-order chi connectivity index (χ0) is 23.5. The van der Waals surface area contributed by atoms with E-state index in [1.807, 2.05) is 28.4 Å². The Hall–Kier alpha value is -3.20. The Balaban J connectivity index is 1.11. The van der Waals surface area contributed by atoms with E-state index in [1.54, 1.807) is 6.20 Å². The summed E-state index contributed by atoms with van der Waals surface area (Å²) in [7, 11) is 0. The second-order valence-electron chi connectivity index (χ2n) is 8.30. The third kappa shape index (κ3) is 5.64. The van der Waals surface area contributed by atoms with Gasteiger partial charge in [-0.2, -0.15) is 0 Å². The molecule has 1 aliphatic carbocycles. The van der Waals surface area contributed by atoms with Gasteiger partial charge in [0.15, 0.2) is 0 Å². The smallest absolute Gasteiger partial charge is 0.404 e. The summed E-state index contributed by atoms with van der Waals surface area (Å²) in [6.07, 6.45) is 6.32. The van der Waals surface area contributed by atoms with Crippen LogP contribution in [0.3, 0.4) is 0 Å². The summed E-state index contributed by atoms with van der Waals surface area (Å²) in [6, 6.07) is 15.8. The number of ether oxygens (including phenoxy) is 1. The summed E-state index contributed by atoms with van der Waals surface area (Å²) >= 11 is 1.91. The van der Waals surface area contributed by atoms with Crippen LogP contribution < -0.4 is 10.1 Å². The second kappa shape index (κ2) is 9.58. The van der Waals surface area contributed by atoms with Gasteiger partial charge in [0, 0.05) is 34.8 Å². The molecule has 9 heteroatoms. The quantitative estimate of drug-likeness (QED) is 0.326. The summed E-state index contributed by atoms with van der Waals surface area (Å²) in [5, 5.41) is 3.87. The number of anilines is 1. The van der Waals surface area contributed by atoms with Crippen LogP contribution in [0, 0.1) is 0 Å². The largest absolute Gasteiger partial charge is 0.573 e. The zero-order valence-electron chi connectivity index (χ0n) is 18.2. The summed E-state index contributed by atoms with van der Waals surface area (Å²) < 4.78 is 42.7. The van der Waals surface area contributed by atoms with Crippen LogP contribution >= 0.6 is 11.8 Å². The molecule has 0 spiro atoms. The van der Waals surface area contributed by atoms with Crippen molar-refractivity contribution in [3.05, 3.63) is 73.3 Å². The van der Waals surface area contributed by atoms with Gasteiger partial charge in [0.05, 0.1) is 6.20 Å². The lowest BCUT2D eigenvalue weighted by Gasteiger charge is -2.29. The van der Waals surface area contributed by atoms with Gasteiger partial charge < -0.3 is 14.5 Å². The molecular formula is C25H23F3N4OS. The first kappa shape index (κ1) is 22.6. The first-order valence-electron chi connectivity index (χ1n) is 11.1. The number of hydrogen-bond donors (Lipinski definition) is 1. The van der Waals surface area contributed by atoms with E-state index in [4.69, 9.17) is 0 Å². The number of alkyl halides is 3. The molecule has 0 saturated heterocycles. The van der Waals surface area contributed by atoms with Gasteiger partial charge in [-0.1, -0.05) is 12.1 Å². The lowest BCUT2D eigenvalue weighted by atomic mass is 9.95. The zero-order valence-corrected chi connectivity index (χ0v) is 19.0. The van der Waals surface area contributed by atoms with Crippen molar-refractivity contribution >= 4 is 23.2 Å². The average Bonchev–Trinajstić information content (AvgIpc) is 3.29. The summed E-state index contributed by atoms with van der Waals surface area (Å²) in [6.45, 7) is 0. The van der Waals surface area contributed by atoms with Crippen molar-refractivity contribution in [2.24, 2.45) is 0 Å². The van der Waals surface area contributed by atoms with Gasteiger partial charge in [-0.05, 0) is 73.2 Å². The van der Waals surface area contributed by atoms with E-state index in [9.17, 15) is 13.2 Å². The Kier molecular flexibility index (Phi) is 6.36. The minimum absolute atomic E-state index is 0.263. The fourth-order valence-electron chi connectivity index (χ4n) is 4.20. The van der Waals surface area contributed by atoms with Crippen LogP contribution in [0.5, 0.6) is 5.75 Å². The van der Waals surface area contributed by atoms with Crippen molar-refractivity contribution in [3.63, 3.8) is 0 Å². The number of hydrogen-bond acceptors (Lipinski definition) is 5. The molecule has 1 N–H and O–H groups in total. The van der Waals surface area contributed by atoms with Crippen LogP contribution in [0.1, 0.15) is 25.7 Å². The van der Waals surface area contributed by atoms with Gasteiger partial charge in [0.1, 0.15) is 17.2 Å². The molecule has 0 radical (unpaired) electrons. The number of nitrogens with one attached hydrogen (secondary N) is 1. The third-order valence-electron chi connectivity index (χ3n) is 5.88. The number of fused-ring (bicyclic) bond motifs is 1. The molecule has 4 aromatic rings. The van der Waals surface area contributed by atoms with Crippen LogP contribution in [0.15, 0.2) is 78.2 Å². The average molecular weight is 485 g/mol. The number of imidazole rings is 1. The third-order valence-corrected chi connectivity index (χ3v) is 7.22. The highest BCUT2D eigenvalue weighted by Gasteiger charge is 2.31. The Bertz CT molecular complexity index is 1230. The lowest BCUT2D eigenvalue weighted by Crippen LogP contribution is -2.27. The van der Waals surface area contributed by atoms with Gasteiger partial charge in [0.25, 0.3) is 0 Å². The van der Waals surface area contributed by atoms with E-state index in [0.717, 1.165) is 43.1 Å². The van der Waals surface area contributed by atoms with Gasteiger partial charge >= 0.3 is 6.36 Å². The summed E-state index contributed by atoms with van der Waals surface area (Å²) in [4.78, 5) is 9.59. The molecule has 0 amide bonds. The Morgan fingerprint density at radius 1 is 0.912 bits per heavy atom. The molecule has 0 aliphatic heterocycles. The number of halogens is 3. The first-order valence-corrected chi connectivity index (χ1v) is 12.0. The predicted octanol–water partition coefficient (Wildman–Crippen LogP) is 6.81. The minimum Gasteiger partial charge on any atom is -0.404 e. The number of thioether (sulfide) groups is 1. The highest BCUT2D eigenvalue weighted by Crippen LogP contribution is 2.35. The van der Waals surface area contributed by atoms with Crippen molar-refractivity contribution in [1.29, 1.82) is 0 Å². The van der Waals surface area contributed by atoms with E-state index in [1.165, 1.54) is 22.6 Å². The maximum atomic E-state index is 12.3. The van der Waals surface area contributed by atoms with Crippen molar-refractivity contribution < 1.29 is 17.9 Å². The molecule has 1 aromatic carbocycles. The monoisotopic (exact) mass is 484 g/mol. The number of pyridine rings is 2. The van der Waals surface area contributed by atoms with Crippen LogP contribution in [-0.4, -0.2) is 32.0 Å². The van der Waals surface area contributed by atoms with E-state index >= 15 is 0 Å². The molecular weight excluding hydrogens is 461 g/mol. The van der Waals surface area contributed by atoms with Gasteiger partial charge in [-0.3, -0.25) is 0 Å². The second-order valence-corrected chi connectivity index (χ2v) is 9.67. The SMILES string of the molecule is FC(F)(F)Oc1ccc(NC2CCC(Sc3ccc(-c4ccc5nccn5c4)cc3)CC2)nc1. The standard InChI is InChI=1S/C25H23F3N4OS/c26-25(27,28)33-20-6-11-23(30-15-20)31-19-4-9-22(10-5-19)34-21-7-1-17(2-8-21)18-3-12-24-29-13-14-32(24)16-18/h1-3,6-8,11-16,19,22H,4-5,9-10H2,(H,30,31). The van der Waals surface area contributed by atoms with Gasteiger partial charge in [-0.25, -0.2) is 9.97 Å². The van der Waals surface area contributed by atoms with Crippen LogP contribution in [-0.2, 0) is 0 Å². The molecule has 0 bridgehead atoms. The Morgan fingerprint density at radius 2 is 1.68 bits per heavy atom. The molecule has 1 aliphatic rings. The van der Waals surface area contributed by atoms with E-state index in [-0.39, 0.29) is 11.8 Å². The van der Waals surface area contributed by atoms with E-state index < -0.39 is 6.36 Å². The van der Waals surface area contributed by atoms with Crippen molar-refractivity contribution in [3.8, 4) is 16.9 Å². The fraction of sp³-hybridized carbons (Fsp3) is 0.280. The van der Waals surface area contributed by atoms with Gasteiger partial charge in [0.2, 0.25) is 0 Å². The fourth-order valence-corrected chi connectivity index (χ4v) is 5.39. The lowest BCUT2D eigenvalue weighted by molar-refractivity contribution is -0.274. The van der Waals surface area contributed by atoms with Gasteiger partial charge in [-0.15, -0.1) is 24.9 Å². The number of benzene rings is 1. The van der Waals surface area contributed by atoms with Crippen LogP contribution in [0.2, 0.25) is 0 Å². The van der Waals surface area contributed by atoms with E-state index in [2.05, 4.69) is 56.6 Å². The van der Waals surface area contributed by atoms with Crippen molar-refractivity contribution in [1.82, 2.24) is 14.4 Å². The maximum absolute atomic E-state index is 12.3. The van der Waals surface area contributed by atoms with Crippen molar-refractivity contribution in [2.75, 3.05) is 5.32 Å².